The third kappa shape index (κ3) is 5.06. The van der Waals surface area contributed by atoms with Crippen LogP contribution in [0.4, 0.5) is 32.0 Å². The Morgan fingerprint density at radius 1 is 0.765 bits per heavy atom. The third-order valence-electron chi connectivity index (χ3n) is 5.33. The summed E-state index contributed by atoms with van der Waals surface area (Å²) in [5.41, 5.74) is 7.30. The number of nitrogen functional groups attached to an aromatic ring is 1. The molecule has 8 heteroatoms. The van der Waals surface area contributed by atoms with Crippen LogP contribution in [0.1, 0.15) is 22.3 Å². The van der Waals surface area contributed by atoms with Crippen molar-refractivity contribution in [1.29, 1.82) is 0 Å². The molecule has 0 saturated carbocycles. The highest BCUT2D eigenvalue weighted by atomic mass is 19.4. The molecule has 34 heavy (non-hydrogen) atoms. The van der Waals surface area contributed by atoms with Crippen LogP contribution in [0, 0.1) is 0 Å². The summed E-state index contributed by atoms with van der Waals surface area (Å²) < 4.78 is 77.9. The summed E-state index contributed by atoms with van der Waals surface area (Å²) in [4.78, 5) is 4.48. The molecule has 0 bridgehead atoms. The van der Waals surface area contributed by atoms with E-state index in [4.69, 9.17) is 5.73 Å². The Bertz CT molecular complexity index is 1370. The van der Waals surface area contributed by atoms with Crippen molar-refractivity contribution in [3.05, 3.63) is 101 Å². The summed E-state index contributed by atoms with van der Waals surface area (Å²) in [5.74, 6) is 0. The average Bonchev–Trinajstić information content (AvgIpc) is 2.80. The minimum absolute atomic E-state index is 0.263. The molecule has 0 amide bonds. The molecule has 1 heterocycles. The van der Waals surface area contributed by atoms with Crippen LogP contribution in [0.25, 0.3) is 28.2 Å². The number of hydrogen-bond donors (Lipinski definition) is 1. The molecule has 0 aliphatic rings. The maximum atomic E-state index is 13.1. The fourth-order valence-electron chi connectivity index (χ4n) is 3.58. The third-order valence-corrected chi connectivity index (χ3v) is 5.33. The van der Waals surface area contributed by atoms with Gasteiger partial charge in [-0.05, 0) is 41.8 Å². The normalized spacial score (nSPS) is 12.5. The Kier molecular flexibility index (Phi) is 6.08. The Morgan fingerprint density at radius 2 is 1.41 bits per heavy atom. The second-order valence-electron chi connectivity index (χ2n) is 7.72. The number of nitrogens with two attached hydrogens (primary N) is 1. The van der Waals surface area contributed by atoms with E-state index >= 15 is 0 Å². The number of allylic oxidation sites excluding steroid dienone is 1. The van der Waals surface area contributed by atoms with Crippen LogP contribution >= 0.6 is 0 Å². The molecule has 0 aliphatic carbocycles. The number of benzene rings is 3. The number of halogens is 6. The van der Waals surface area contributed by atoms with E-state index < -0.39 is 23.5 Å². The van der Waals surface area contributed by atoms with Crippen molar-refractivity contribution < 1.29 is 26.3 Å². The molecule has 2 N–H and O–H groups in total. The lowest BCUT2D eigenvalue weighted by Crippen LogP contribution is -2.05. The Hall–Kier alpha value is -3.81. The Balaban J connectivity index is 1.63. The van der Waals surface area contributed by atoms with Crippen LogP contribution in [0.5, 0.6) is 0 Å². The first kappa shape index (κ1) is 23.4. The number of aromatic nitrogens is 1. The number of fused-ring (bicyclic) bond motifs is 1. The van der Waals surface area contributed by atoms with E-state index in [0.717, 1.165) is 24.3 Å². The molecule has 2 nitrogen and oxygen atoms in total. The molecule has 0 unspecified atom stereocenters. The highest BCUT2D eigenvalue weighted by Crippen LogP contribution is 2.33. The molecule has 3 aromatic carbocycles. The average molecular weight is 472 g/mol. The van der Waals surface area contributed by atoms with E-state index in [1.165, 1.54) is 12.1 Å². The van der Waals surface area contributed by atoms with Crippen LogP contribution in [-0.4, -0.2) is 4.98 Å². The monoisotopic (exact) mass is 472 g/mol. The highest BCUT2D eigenvalue weighted by molar-refractivity contribution is 5.95. The quantitative estimate of drug-likeness (QED) is 0.243. The number of hydrogen-bond acceptors (Lipinski definition) is 2. The van der Waals surface area contributed by atoms with Gasteiger partial charge in [-0.15, -0.1) is 0 Å². The lowest BCUT2D eigenvalue weighted by molar-refractivity contribution is -0.138. The van der Waals surface area contributed by atoms with Crippen molar-refractivity contribution in [1.82, 2.24) is 4.98 Å². The first-order chi connectivity index (χ1) is 16.0. The van der Waals surface area contributed by atoms with Gasteiger partial charge in [0.15, 0.2) is 0 Å². The smallest absolute Gasteiger partial charge is 0.396 e. The fourth-order valence-corrected chi connectivity index (χ4v) is 3.58. The van der Waals surface area contributed by atoms with Gasteiger partial charge in [0.1, 0.15) is 0 Å². The predicted molar refractivity (Wildman–Crippen MR) is 121 cm³/mol. The van der Waals surface area contributed by atoms with Gasteiger partial charge in [-0.2, -0.15) is 26.3 Å². The molecule has 0 aliphatic heterocycles. The van der Waals surface area contributed by atoms with Crippen LogP contribution in [-0.2, 0) is 18.8 Å². The van der Waals surface area contributed by atoms with E-state index in [0.29, 0.717) is 39.0 Å². The number of pyridine rings is 1. The van der Waals surface area contributed by atoms with Gasteiger partial charge in [-0.1, -0.05) is 60.7 Å². The molecule has 0 saturated heterocycles. The molecule has 174 valence electrons. The van der Waals surface area contributed by atoms with Crippen molar-refractivity contribution in [2.45, 2.75) is 18.8 Å². The summed E-state index contributed by atoms with van der Waals surface area (Å²) in [6, 6.07) is 16.8. The summed E-state index contributed by atoms with van der Waals surface area (Å²) in [5, 5.41) is 0.711. The maximum Gasteiger partial charge on any atom is 0.416 e. The van der Waals surface area contributed by atoms with E-state index in [9.17, 15) is 26.3 Å². The van der Waals surface area contributed by atoms with Crippen molar-refractivity contribution in [2.24, 2.45) is 0 Å². The summed E-state index contributed by atoms with van der Waals surface area (Å²) in [6.45, 7) is 0. The summed E-state index contributed by atoms with van der Waals surface area (Å²) in [6.07, 6.45) is -5.23. The number of alkyl halides is 6. The maximum absolute atomic E-state index is 13.1. The molecule has 0 radical (unpaired) electrons. The molecule has 1 aromatic heterocycles. The molecule has 4 rings (SSSR count). The van der Waals surface area contributed by atoms with Crippen molar-refractivity contribution in [3.63, 3.8) is 0 Å². The molecular weight excluding hydrogens is 454 g/mol. The zero-order chi connectivity index (χ0) is 24.5. The van der Waals surface area contributed by atoms with E-state index in [2.05, 4.69) is 4.98 Å². The number of rotatable bonds is 4. The lowest BCUT2D eigenvalue weighted by atomic mass is 10.0. The topological polar surface area (TPSA) is 38.9 Å². The Morgan fingerprint density at radius 3 is 2.12 bits per heavy atom. The van der Waals surface area contributed by atoms with E-state index in [-0.39, 0.29) is 6.42 Å². The summed E-state index contributed by atoms with van der Waals surface area (Å²) in [7, 11) is 0. The van der Waals surface area contributed by atoms with Crippen molar-refractivity contribution in [3.8, 4) is 11.3 Å². The van der Waals surface area contributed by atoms with Gasteiger partial charge in [0.05, 0.1) is 28.0 Å². The largest absolute Gasteiger partial charge is 0.416 e. The van der Waals surface area contributed by atoms with E-state index in [1.54, 1.807) is 48.6 Å². The van der Waals surface area contributed by atoms with Gasteiger partial charge < -0.3 is 5.73 Å². The fraction of sp³-hybridized carbons (Fsp3) is 0.115. The van der Waals surface area contributed by atoms with Crippen LogP contribution in [0.15, 0.2) is 78.9 Å². The molecule has 0 atom stereocenters. The van der Waals surface area contributed by atoms with Crippen LogP contribution in [0.3, 0.4) is 0 Å². The van der Waals surface area contributed by atoms with Gasteiger partial charge in [0.2, 0.25) is 0 Å². The van der Waals surface area contributed by atoms with E-state index in [1.807, 2.05) is 0 Å². The van der Waals surface area contributed by atoms with Crippen molar-refractivity contribution >= 4 is 22.7 Å². The number of anilines is 1. The zero-order valence-corrected chi connectivity index (χ0v) is 17.6. The highest BCUT2D eigenvalue weighted by Gasteiger charge is 2.31. The first-order valence-corrected chi connectivity index (χ1v) is 10.2. The molecule has 0 fully saturated rings. The molecular formula is C26H18F6N2. The van der Waals surface area contributed by atoms with Crippen LogP contribution in [0.2, 0.25) is 0 Å². The SMILES string of the molecule is Nc1c(/C=C\Cc2cccc(C(F)(F)F)c2)ccc2ccc(-c3cccc(C(F)(F)F)c3)nc12. The van der Waals surface area contributed by atoms with Gasteiger partial charge in [0.25, 0.3) is 0 Å². The second kappa shape index (κ2) is 8.85. The minimum atomic E-state index is -4.47. The Labute approximate surface area is 191 Å². The lowest BCUT2D eigenvalue weighted by Gasteiger charge is -2.10. The predicted octanol–water partition coefficient (Wildman–Crippen LogP) is 7.78. The molecule has 0 spiro atoms. The number of nitrogens with zero attached hydrogens (tertiary/aromatic N) is 1. The van der Waals surface area contributed by atoms with Gasteiger partial charge in [-0.25, -0.2) is 4.98 Å². The van der Waals surface area contributed by atoms with Gasteiger partial charge >= 0.3 is 12.4 Å². The molecule has 4 aromatic rings. The van der Waals surface area contributed by atoms with Gasteiger partial charge in [0, 0.05) is 10.9 Å². The first-order valence-electron chi connectivity index (χ1n) is 10.2. The van der Waals surface area contributed by atoms with Crippen molar-refractivity contribution in [2.75, 3.05) is 5.73 Å². The minimum Gasteiger partial charge on any atom is -0.396 e. The summed E-state index contributed by atoms with van der Waals surface area (Å²) >= 11 is 0. The zero-order valence-electron chi connectivity index (χ0n) is 17.6. The second-order valence-corrected chi connectivity index (χ2v) is 7.72. The standard InChI is InChI=1S/C26H18F6N2/c27-25(28,29)20-8-2-5-16(14-20)4-1-6-17-10-11-18-12-13-22(34-24(18)23(17)33)19-7-3-9-21(15-19)26(30,31)32/h1-3,5-15H,4,33H2/b6-1-. The van der Waals surface area contributed by atoms with Crippen LogP contribution < -0.4 is 5.73 Å². The van der Waals surface area contributed by atoms with Gasteiger partial charge in [-0.3, -0.25) is 0 Å².